The summed E-state index contributed by atoms with van der Waals surface area (Å²) in [6, 6.07) is 0. The summed E-state index contributed by atoms with van der Waals surface area (Å²) in [6.07, 6.45) is 20.7. The maximum absolute atomic E-state index is 2.35. The molecule has 0 bridgehead atoms. The predicted molar refractivity (Wildman–Crippen MR) is 82.6 cm³/mol. The van der Waals surface area contributed by atoms with Gasteiger partial charge in [-0.2, -0.15) is 0 Å². The molecule has 0 aromatic heterocycles. The fraction of sp³-hybridized carbons (Fsp3) is 0.444. The van der Waals surface area contributed by atoms with Crippen LogP contribution >= 0.6 is 0 Å². The average Bonchev–Trinajstić information content (AvgIpc) is 2.30. The molecule has 0 radical (unpaired) electrons. The second-order valence-corrected chi connectivity index (χ2v) is 5.59. The van der Waals surface area contributed by atoms with E-state index in [4.69, 9.17) is 0 Å². The van der Waals surface area contributed by atoms with Gasteiger partial charge < -0.3 is 0 Å². The average molecular weight is 242 g/mol. The van der Waals surface area contributed by atoms with Gasteiger partial charge in [-0.05, 0) is 44.1 Å². The number of hydrogen-bond donors (Lipinski definition) is 0. The van der Waals surface area contributed by atoms with Crippen molar-refractivity contribution in [1.82, 2.24) is 0 Å². The van der Waals surface area contributed by atoms with E-state index in [1.54, 1.807) is 5.57 Å². The molecule has 1 aliphatic rings. The molecule has 0 amide bonds. The van der Waals surface area contributed by atoms with Gasteiger partial charge in [0.05, 0.1) is 0 Å². The largest absolute Gasteiger partial charge is 0.0877 e. The first kappa shape index (κ1) is 14.8. The molecule has 98 valence electrons. The van der Waals surface area contributed by atoms with Crippen molar-refractivity contribution in [2.75, 3.05) is 0 Å². The lowest BCUT2D eigenvalue weighted by Crippen LogP contribution is -2.18. The van der Waals surface area contributed by atoms with E-state index in [1.165, 1.54) is 24.8 Å². The van der Waals surface area contributed by atoms with Gasteiger partial charge in [-0.15, -0.1) is 0 Å². The van der Waals surface area contributed by atoms with Crippen LogP contribution in [-0.4, -0.2) is 0 Å². The van der Waals surface area contributed by atoms with Crippen LogP contribution in [0.15, 0.2) is 59.8 Å². The van der Waals surface area contributed by atoms with E-state index in [9.17, 15) is 0 Å². The molecule has 0 aromatic carbocycles. The third kappa shape index (κ3) is 4.52. The Morgan fingerprint density at radius 1 is 0.944 bits per heavy atom. The van der Waals surface area contributed by atoms with E-state index in [-0.39, 0.29) is 0 Å². The van der Waals surface area contributed by atoms with Gasteiger partial charge in [0, 0.05) is 0 Å². The molecule has 18 heavy (non-hydrogen) atoms. The fourth-order valence-electron chi connectivity index (χ4n) is 2.53. The Morgan fingerprint density at radius 2 is 1.56 bits per heavy atom. The molecule has 0 heterocycles. The summed E-state index contributed by atoms with van der Waals surface area (Å²) < 4.78 is 0. The van der Waals surface area contributed by atoms with Crippen molar-refractivity contribution in [2.45, 2.75) is 47.0 Å². The highest BCUT2D eigenvalue weighted by Gasteiger charge is 2.26. The fourth-order valence-corrected chi connectivity index (χ4v) is 2.53. The van der Waals surface area contributed by atoms with Crippen LogP contribution in [0.2, 0.25) is 0 Å². The molecule has 1 rings (SSSR count). The molecular formula is C18H26. The van der Waals surface area contributed by atoms with E-state index >= 15 is 0 Å². The summed E-state index contributed by atoms with van der Waals surface area (Å²) in [7, 11) is 0. The van der Waals surface area contributed by atoms with Crippen LogP contribution in [0, 0.1) is 5.41 Å². The van der Waals surface area contributed by atoms with Gasteiger partial charge in [-0.3, -0.25) is 0 Å². The molecule has 0 heteroatoms. The van der Waals surface area contributed by atoms with Gasteiger partial charge in [0.1, 0.15) is 0 Å². The topological polar surface area (TPSA) is 0 Å². The van der Waals surface area contributed by atoms with Crippen LogP contribution in [0.3, 0.4) is 0 Å². The Bertz CT molecular complexity index is 398. The molecule has 0 nitrogen and oxygen atoms in total. The van der Waals surface area contributed by atoms with Crippen LogP contribution in [0.5, 0.6) is 0 Å². The van der Waals surface area contributed by atoms with Crippen LogP contribution in [0.4, 0.5) is 0 Å². The lowest BCUT2D eigenvalue weighted by atomic mass is 9.73. The second kappa shape index (κ2) is 7.20. The molecule has 0 fully saturated rings. The Kier molecular flexibility index (Phi) is 5.91. The minimum Gasteiger partial charge on any atom is -0.0877 e. The summed E-state index contributed by atoms with van der Waals surface area (Å²) in [4.78, 5) is 0. The molecule has 0 unspecified atom stereocenters. The van der Waals surface area contributed by atoms with E-state index in [0.29, 0.717) is 5.41 Å². The minimum atomic E-state index is 0.341. The van der Waals surface area contributed by atoms with Crippen LogP contribution in [-0.2, 0) is 0 Å². The quantitative estimate of drug-likeness (QED) is 0.550. The van der Waals surface area contributed by atoms with Gasteiger partial charge in [-0.25, -0.2) is 0 Å². The third-order valence-electron chi connectivity index (χ3n) is 3.55. The minimum absolute atomic E-state index is 0.341. The molecule has 0 saturated heterocycles. The lowest BCUT2D eigenvalue weighted by Gasteiger charge is -2.32. The molecular weight excluding hydrogens is 216 g/mol. The number of hydrogen-bond acceptors (Lipinski definition) is 0. The monoisotopic (exact) mass is 242 g/mol. The second-order valence-electron chi connectivity index (χ2n) is 5.59. The smallest absolute Gasteiger partial charge is 0.0104 e. The van der Waals surface area contributed by atoms with Gasteiger partial charge in [-0.1, -0.05) is 68.0 Å². The standard InChI is InChI=1S/C18H26/c1-5-6-7-8-9-10-11-14-17-16(2)13-12-15-18(17,3)4/h5-11,14H,12-13,15H2,1-4H3/b6-5+,8-7-,10-9+,14-11+. The van der Waals surface area contributed by atoms with Crippen molar-refractivity contribution >= 4 is 0 Å². The Hall–Kier alpha value is -1.30. The zero-order valence-corrected chi connectivity index (χ0v) is 12.2. The zero-order chi connectivity index (χ0) is 13.4. The van der Waals surface area contributed by atoms with Gasteiger partial charge >= 0.3 is 0 Å². The van der Waals surface area contributed by atoms with Crippen molar-refractivity contribution in [1.29, 1.82) is 0 Å². The first-order valence-electron chi connectivity index (χ1n) is 6.91. The molecule has 1 aliphatic carbocycles. The molecule has 0 aliphatic heterocycles. The van der Waals surface area contributed by atoms with Gasteiger partial charge in [0.15, 0.2) is 0 Å². The van der Waals surface area contributed by atoms with E-state index in [0.717, 1.165) is 0 Å². The van der Waals surface area contributed by atoms with E-state index < -0.39 is 0 Å². The molecule has 0 N–H and O–H groups in total. The summed E-state index contributed by atoms with van der Waals surface area (Å²) in [6.45, 7) is 9.00. The number of rotatable bonds is 4. The van der Waals surface area contributed by atoms with Crippen molar-refractivity contribution in [3.05, 3.63) is 59.8 Å². The van der Waals surface area contributed by atoms with Gasteiger partial charge in [0.2, 0.25) is 0 Å². The van der Waals surface area contributed by atoms with Crippen molar-refractivity contribution in [3.8, 4) is 0 Å². The normalized spacial score (nSPS) is 21.1. The molecule has 0 aromatic rings. The molecule has 0 spiro atoms. The molecule has 0 saturated carbocycles. The first-order valence-corrected chi connectivity index (χ1v) is 6.91. The Labute approximate surface area is 112 Å². The van der Waals surface area contributed by atoms with Crippen LogP contribution in [0.1, 0.15) is 47.0 Å². The van der Waals surface area contributed by atoms with Crippen molar-refractivity contribution in [2.24, 2.45) is 5.41 Å². The summed E-state index contributed by atoms with van der Waals surface area (Å²) >= 11 is 0. The third-order valence-corrected chi connectivity index (χ3v) is 3.55. The highest BCUT2D eigenvalue weighted by atomic mass is 14.3. The summed E-state index contributed by atoms with van der Waals surface area (Å²) in [5.74, 6) is 0. The summed E-state index contributed by atoms with van der Waals surface area (Å²) in [5.41, 5.74) is 3.42. The van der Waals surface area contributed by atoms with Crippen LogP contribution in [0.25, 0.3) is 0 Å². The van der Waals surface area contributed by atoms with E-state index in [1.807, 2.05) is 25.2 Å². The highest BCUT2D eigenvalue weighted by molar-refractivity contribution is 5.34. The Balaban J connectivity index is 2.65. The Morgan fingerprint density at radius 3 is 2.17 bits per heavy atom. The highest BCUT2D eigenvalue weighted by Crippen LogP contribution is 2.40. The zero-order valence-electron chi connectivity index (χ0n) is 12.2. The van der Waals surface area contributed by atoms with E-state index in [2.05, 4.69) is 51.2 Å². The molecule has 0 atom stereocenters. The SMILES string of the molecule is C/C=C/C=C\C=C\C=C\C1=C(C)CCCC1(C)C. The van der Waals surface area contributed by atoms with Crippen LogP contribution < -0.4 is 0 Å². The lowest BCUT2D eigenvalue weighted by molar-refractivity contribution is 0.377. The first-order chi connectivity index (χ1) is 8.58. The predicted octanol–water partition coefficient (Wildman–Crippen LogP) is 5.76. The van der Waals surface area contributed by atoms with Crippen molar-refractivity contribution < 1.29 is 0 Å². The van der Waals surface area contributed by atoms with Gasteiger partial charge in [0.25, 0.3) is 0 Å². The van der Waals surface area contributed by atoms with Crippen molar-refractivity contribution in [3.63, 3.8) is 0 Å². The number of allylic oxidation sites excluding steroid dienone is 10. The maximum atomic E-state index is 2.35. The summed E-state index contributed by atoms with van der Waals surface area (Å²) in [5, 5.41) is 0. The maximum Gasteiger partial charge on any atom is -0.0104 e.